The molecule has 0 radical (unpaired) electrons. The molecule has 0 saturated heterocycles. The highest BCUT2D eigenvalue weighted by molar-refractivity contribution is 7.85. The van der Waals surface area contributed by atoms with Gasteiger partial charge in [0.25, 0.3) is 0 Å². The molecule has 16 heavy (non-hydrogen) atoms. The van der Waals surface area contributed by atoms with Gasteiger partial charge < -0.3 is 5.73 Å². The zero-order valence-corrected chi connectivity index (χ0v) is 10.6. The first-order valence-electron chi connectivity index (χ1n) is 5.58. The van der Waals surface area contributed by atoms with Crippen LogP contribution in [-0.4, -0.2) is 16.0 Å². The molecule has 0 amide bonds. The van der Waals surface area contributed by atoms with E-state index in [0.717, 1.165) is 24.2 Å². The van der Waals surface area contributed by atoms with Gasteiger partial charge in [0, 0.05) is 15.2 Å². The van der Waals surface area contributed by atoms with Crippen molar-refractivity contribution in [1.82, 2.24) is 0 Å². The van der Waals surface area contributed by atoms with Gasteiger partial charge in [-0.1, -0.05) is 18.0 Å². The molecule has 3 unspecified atom stereocenters. The Kier molecular flexibility index (Phi) is 4.00. The van der Waals surface area contributed by atoms with Crippen LogP contribution in [0.3, 0.4) is 0 Å². The van der Waals surface area contributed by atoms with E-state index in [1.807, 2.05) is 12.1 Å². The molecule has 2 rings (SSSR count). The van der Waals surface area contributed by atoms with Crippen LogP contribution in [0.5, 0.6) is 0 Å². The first-order valence-corrected chi connectivity index (χ1v) is 7.17. The monoisotopic (exact) mass is 257 g/mol. The fraction of sp³-hybridized carbons (Fsp3) is 0.500. The lowest BCUT2D eigenvalue weighted by molar-refractivity contribution is 0.557. The smallest absolute Gasteiger partial charge is 0.0564 e. The van der Waals surface area contributed by atoms with Gasteiger partial charge in [-0.15, -0.1) is 0 Å². The van der Waals surface area contributed by atoms with Crippen LogP contribution in [-0.2, 0) is 10.8 Å². The second-order valence-corrected chi connectivity index (χ2v) is 6.32. The molecule has 1 fully saturated rings. The molecule has 1 saturated carbocycles. The van der Waals surface area contributed by atoms with E-state index in [0.29, 0.717) is 17.5 Å². The van der Waals surface area contributed by atoms with E-state index in [1.54, 1.807) is 12.1 Å². The molecule has 88 valence electrons. The van der Waals surface area contributed by atoms with Crippen molar-refractivity contribution in [1.29, 1.82) is 0 Å². The van der Waals surface area contributed by atoms with Crippen molar-refractivity contribution < 1.29 is 4.21 Å². The van der Waals surface area contributed by atoms with Crippen molar-refractivity contribution in [3.05, 3.63) is 29.3 Å². The highest BCUT2D eigenvalue weighted by atomic mass is 35.5. The van der Waals surface area contributed by atoms with Crippen LogP contribution in [0.4, 0.5) is 0 Å². The van der Waals surface area contributed by atoms with Gasteiger partial charge in [0.15, 0.2) is 0 Å². The maximum Gasteiger partial charge on any atom is 0.0564 e. The van der Waals surface area contributed by atoms with E-state index in [9.17, 15) is 4.21 Å². The number of rotatable bonds is 3. The van der Waals surface area contributed by atoms with Gasteiger partial charge in [-0.05, 0) is 49.6 Å². The number of hydrogen-bond donors (Lipinski definition) is 1. The van der Waals surface area contributed by atoms with E-state index >= 15 is 0 Å². The quantitative estimate of drug-likeness (QED) is 0.905. The molecule has 2 N–H and O–H groups in total. The molecule has 0 spiro atoms. The second kappa shape index (κ2) is 5.30. The van der Waals surface area contributed by atoms with Crippen LogP contribution in [0, 0.1) is 5.92 Å². The van der Waals surface area contributed by atoms with Crippen LogP contribution in [0.15, 0.2) is 29.2 Å². The fourth-order valence-corrected chi connectivity index (χ4v) is 4.16. The third-order valence-electron chi connectivity index (χ3n) is 3.21. The van der Waals surface area contributed by atoms with Gasteiger partial charge in [0.05, 0.1) is 10.8 Å². The second-order valence-electron chi connectivity index (χ2n) is 4.22. The summed E-state index contributed by atoms with van der Waals surface area (Å²) in [7, 11) is -0.936. The number of benzene rings is 1. The topological polar surface area (TPSA) is 43.1 Å². The SMILES string of the molecule is NCC1CCCC1S(=O)c1ccc(Cl)cc1. The minimum atomic E-state index is -0.936. The summed E-state index contributed by atoms with van der Waals surface area (Å²) in [5.74, 6) is 0.413. The predicted molar refractivity (Wildman–Crippen MR) is 68.0 cm³/mol. The molecule has 0 bridgehead atoms. The maximum atomic E-state index is 12.3. The van der Waals surface area contributed by atoms with Gasteiger partial charge in [0.2, 0.25) is 0 Å². The first kappa shape index (κ1) is 12.1. The summed E-state index contributed by atoms with van der Waals surface area (Å²) in [6, 6.07) is 7.29. The van der Waals surface area contributed by atoms with Crippen molar-refractivity contribution in [3.63, 3.8) is 0 Å². The van der Waals surface area contributed by atoms with Crippen molar-refractivity contribution >= 4 is 22.4 Å². The van der Waals surface area contributed by atoms with Crippen LogP contribution >= 0.6 is 11.6 Å². The summed E-state index contributed by atoms with van der Waals surface area (Å²) in [5, 5.41) is 0.911. The molecule has 0 heterocycles. The summed E-state index contributed by atoms with van der Waals surface area (Å²) >= 11 is 5.81. The van der Waals surface area contributed by atoms with E-state index in [4.69, 9.17) is 17.3 Å². The first-order chi connectivity index (χ1) is 7.72. The van der Waals surface area contributed by atoms with E-state index in [2.05, 4.69) is 0 Å². The largest absolute Gasteiger partial charge is 0.330 e. The number of nitrogens with two attached hydrogens (primary N) is 1. The molecule has 1 aromatic rings. The van der Waals surface area contributed by atoms with E-state index in [1.165, 1.54) is 0 Å². The fourth-order valence-electron chi connectivity index (χ4n) is 2.30. The van der Waals surface area contributed by atoms with Crippen LogP contribution in [0.2, 0.25) is 5.02 Å². The molecule has 0 aromatic heterocycles. The lowest BCUT2D eigenvalue weighted by atomic mass is 10.1. The lowest BCUT2D eigenvalue weighted by Crippen LogP contribution is -2.26. The molecule has 2 nitrogen and oxygen atoms in total. The van der Waals surface area contributed by atoms with Crippen LogP contribution in [0.1, 0.15) is 19.3 Å². The van der Waals surface area contributed by atoms with Gasteiger partial charge in [0.1, 0.15) is 0 Å². The Labute approximate surface area is 104 Å². The summed E-state index contributed by atoms with van der Waals surface area (Å²) in [6.45, 7) is 0.643. The third kappa shape index (κ3) is 2.47. The van der Waals surface area contributed by atoms with Crippen molar-refractivity contribution in [2.45, 2.75) is 29.4 Å². The number of hydrogen-bond acceptors (Lipinski definition) is 2. The standard InChI is InChI=1S/C12H16ClNOS/c13-10-4-6-11(7-5-10)16(15)12-3-1-2-9(12)8-14/h4-7,9,12H,1-3,8,14H2. The van der Waals surface area contributed by atoms with Crippen LogP contribution < -0.4 is 5.73 Å². The minimum Gasteiger partial charge on any atom is -0.330 e. The zero-order valence-electron chi connectivity index (χ0n) is 9.06. The van der Waals surface area contributed by atoms with Crippen molar-refractivity contribution in [2.24, 2.45) is 11.7 Å². The van der Waals surface area contributed by atoms with Gasteiger partial charge in [-0.25, -0.2) is 0 Å². The van der Waals surface area contributed by atoms with E-state index < -0.39 is 10.8 Å². The van der Waals surface area contributed by atoms with Crippen LogP contribution in [0.25, 0.3) is 0 Å². The molecule has 0 aliphatic heterocycles. The molecule has 1 aliphatic rings. The molecule has 3 atom stereocenters. The summed E-state index contributed by atoms with van der Waals surface area (Å²) < 4.78 is 12.3. The summed E-state index contributed by atoms with van der Waals surface area (Å²) in [4.78, 5) is 0.870. The number of halogens is 1. The Morgan fingerprint density at radius 3 is 2.62 bits per heavy atom. The normalized spacial score (nSPS) is 26.9. The Bertz CT molecular complexity index is 379. The average molecular weight is 258 g/mol. The summed E-state index contributed by atoms with van der Waals surface area (Å²) in [6.07, 6.45) is 3.28. The zero-order chi connectivity index (χ0) is 11.5. The summed E-state index contributed by atoms with van der Waals surface area (Å²) in [5.41, 5.74) is 5.71. The molecule has 1 aromatic carbocycles. The van der Waals surface area contributed by atoms with Gasteiger partial charge in [-0.2, -0.15) is 0 Å². The Morgan fingerprint density at radius 2 is 2.00 bits per heavy atom. The van der Waals surface area contributed by atoms with Gasteiger partial charge in [-0.3, -0.25) is 4.21 Å². The van der Waals surface area contributed by atoms with Crippen molar-refractivity contribution in [2.75, 3.05) is 6.54 Å². The maximum absolute atomic E-state index is 12.3. The Hall–Kier alpha value is -0.380. The third-order valence-corrected chi connectivity index (χ3v) is 5.37. The molecule has 1 aliphatic carbocycles. The van der Waals surface area contributed by atoms with E-state index in [-0.39, 0.29) is 5.25 Å². The predicted octanol–water partition coefficient (Wildman–Crippen LogP) is 2.58. The van der Waals surface area contributed by atoms with Gasteiger partial charge >= 0.3 is 0 Å². The lowest BCUT2D eigenvalue weighted by Gasteiger charge is -2.17. The molecular formula is C12H16ClNOS. The highest BCUT2D eigenvalue weighted by Crippen LogP contribution is 2.31. The molecule has 4 heteroatoms. The average Bonchev–Trinajstić information content (AvgIpc) is 2.77. The Balaban J connectivity index is 2.15. The highest BCUT2D eigenvalue weighted by Gasteiger charge is 2.31. The van der Waals surface area contributed by atoms with Crippen molar-refractivity contribution in [3.8, 4) is 0 Å². The minimum absolute atomic E-state index is 0.228. The Morgan fingerprint density at radius 1 is 1.31 bits per heavy atom. The molecular weight excluding hydrogens is 242 g/mol.